The van der Waals surface area contributed by atoms with E-state index in [0.717, 1.165) is 40.9 Å². The molecule has 5 rings (SSSR count). The van der Waals surface area contributed by atoms with Gasteiger partial charge >= 0.3 is 0 Å². The smallest absolute Gasteiger partial charge is 0.252 e. The highest BCUT2D eigenvalue weighted by atomic mass is 16.5. The van der Waals surface area contributed by atoms with Crippen molar-refractivity contribution in [3.63, 3.8) is 0 Å². The molecule has 7 heteroatoms. The zero-order valence-corrected chi connectivity index (χ0v) is 17.8. The Bertz CT molecular complexity index is 1220. The number of hydrogen-bond donors (Lipinski definition) is 2. The summed E-state index contributed by atoms with van der Waals surface area (Å²) in [6, 6.07) is 17.5. The van der Waals surface area contributed by atoms with Crippen LogP contribution in [0.3, 0.4) is 0 Å². The zero-order chi connectivity index (χ0) is 21.9. The minimum absolute atomic E-state index is 0.100. The highest BCUT2D eigenvalue weighted by Gasteiger charge is 2.22. The first-order valence-corrected chi connectivity index (χ1v) is 10.8. The predicted octanol–water partition coefficient (Wildman–Crippen LogP) is 4.62. The molecule has 0 unspecified atom stereocenters. The van der Waals surface area contributed by atoms with E-state index in [1.807, 2.05) is 67.7 Å². The first-order valence-electron chi connectivity index (χ1n) is 10.8. The van der Waals surface area contributed by atoms with Crippen LogP contribution < -0.4 is 5.32 Å². The van der Waals surface area contributed by atoms with Crippen LogP contribution in [-0.2, 0) is 4.74 Å². The maximum atomic E-state index is 13.0. The Kier molecular flexibility index (Phi) is 5.56. The van der Waals surface area contributed by atoms with Crippen LogP contribution in [0.5, 0.6) is 0 Å². The van der Waals surface area contributed by atoms with Gasteiger partial charge in [-0.15, -0.1) is 0 Å². The van der Waals surface area contributed by atoms with E-state index in [-0.39, 0.29) is 11.9 Å². The molecule has 2 aromatic carbocycles. The standard InChI is InChI=1S/C25H24N4O3/c1-16-22(23(29-32-16)17-7-3-2-4-8-17)21-15-26-24(28-21)19-9-5-6-10-20(19)25(30)27-18-11-13-31-14-12-18/h2-10,15,18H,11-14H2,1H3,(H,26,28)(H,27,30). The third-order valence-electron chi connectivity index (χ3n) is 5.73. The minimum Gasteiger partial charge on any atom is -0.381 e. The molecule has 32 heavy (non-hydrogen) atoms. The summed E-state index contributed by atoms with van der Waals surface area (Å²) in [7, 11) is 0. The molecule has 0 spiro atoms. The lowest BCUT2D eigenvalue weighted by Gasteiger charge is -2.23. The van der Waals surface area contributed by atoms with E-state index in [2.05, 4.69) is 15.5 Å². The van der Waals surface area contributed by atoms with Crippen LogP contribution in [0.1, 0.15) is 29.0 Å². The number of hydrogen-bond acceptors (Lipinski definition) is 5. The number of imidazole rings is 1. The molecule has 0 atom stereocenters. The number of nitrogens with one attached hydrogen (secondary N) is 2. The molecule has 0 aliphatic carbocycles. The Balaban J connectivity index is 1.47. The van der Waals surface area contributed by atoms with Crippen molar-refractivity contribution in [3.05, 3.63) is 72.1 Å². The number of nitrogens with zero attached hydrogens (tertiary/aromatic N) is 2. The molecule has 2 N–H and O–H groups in total. The fraction of sp³-hybridized carbons (Fsp3) is 0.240. The topological polar surface area (TPSA) is 93.0 Å². The van der Waals surface area contributed by atoms with Gasteiger partial charge in [-0.3, -0.25) is 4.79 Å². The fourth-order valence-corrected chi connectivity index (χ4v) is 4.05. The summed E-state index contributed by atoms with van der Waals surface area (Å²) < 4.78 is 10.9. The molecule has 1 amide bonds. The van der Waals surface area contributed by atoms with Gasteiger partial charge in [0.05, 0.1) is 16.8 Å². The first-order chi connectivity index (χ1) is 15.7. The maximum Gasteiger partial charge on any atom is 0.252 e. The lowest BCUT2D eigenvalue weighted by atomic mass is 10.0. The highest BCUT2D eigenvalue weighted by molar-refractivity contribution is 6.00. The van der Waals surface area contributed by atoms with Crippen LogP contribution >= 0.6 is 0 Å². The number of rotatable bonds is 5. The van der Waals surface area contributed by atoms with Gasteiger partial charge in [-0.25, -0.2) is 4.98 Å². The van der Waals surface area contributed by atoms with E-state index < -0.39 is 0 Å². The van der Waals surface area contributed by atoms with E-state index in [1.54, 1.807) is 0 Å². The second kappa shape index (κ2) is 8.80. The average molecular weight is 428 g/mol. The molecule has 1 saturated heterocycles. The third-order valence-corrected chi connectivity index (χ3v) is 5.73. The van der Waals surface area contributed by atoms with Crippen molar-refractivity contribution in [2.45, 2.75) is 25.8 Å². The summed E-state index contributed by atoms with van der Waals surface area (Å²) in [5.74, 6) is 1.21. The molecule has 7 nitrogen and oxygen atoms in total. The third kappa shape index (κ3) is 3.94. The van der Waals surface area contributed by atoms with Crippen LogP contribution in [0, 0.1) is 6.92 Å². The lowest BCUT2D eigenvalue weighted by Crippen LogP contribution is -2.39. The van der Waals surface area contributed by atoms with E-state index in [9.17, 15) is 4.79 Å². The van der Waals surface area contributed by atoms with E-state index in [4.69, 9.17) is 14.2 Å². The highest BCUT2D eigenvalue weighted by Crippen LogP contribution is 2.34. The second-order valence-corrected chi connectivity index (χ2v) is 7.87. The molecule has 2 aromatic heterocycles. The van der Waals surface area contributed by atoms with Crippen LogP contribution in [0.2, 0.25) is 0 Å². The molecule has 0 radical (unpaired) electrons. The Morgan fingerprint density at radius 1 is 1.06 bits per heavy atom. The minimum atomic E-state index is -0.100. The summed E-state index contributed by atoms with van der Waals surface area (Å²) in [6.07, 6.45) is 3.48. The lowest BCUT2D eigenvalue weighted by molar-refractivity contribution is 0.0697. The Labute approximate surface area is 185 Å². The van der Waals surface area contributed by atoms with Crippen molar-refractivity contribution in [2.24, 2.45) is 0 Å². The molecule has 4 aromatic rings. The van der Waals surface area contributed by atoms with Crippen molar-refractivity contribution in [2.75, 3.05) is 13.2 Å². The number of ether oxygens (including phenoxy) is 1. The molecule has 1 aliphatic rings. The number of aromatic nitrogens is 3. The van der Waals surface area contributed by atoms with Crippen LogP contribution in [0.25, 0.3) is 33.9 Å². The van der Waals surface area contributed by atoms with Gasteiger partial charge in [0.15, 0.2) is 0 Å². The number of H-pyrrole nitrogens is 1. The second-order valence-electron chi connectivity index (χ2n) is 7.87. The summed E-state index contributed by atoms with van der Waals surface area (Å²) >= 11 is 0. The molecular formula is C25H24N4O3. The summed E-state index contributed by atoms with van der Waals surface area (Å²) in [5, 5.41) is 7.39. The van der Waals surface area contributed by atoms with E-state index in [1.165, 1.54) is 0 Å². The van der Waals surface area contributed by atoms with Gasteiger partial charge in [0, 0.05) is 36.6 Å². The normalized spacial score (nSPS) is 14.4. The summed E-state index contributed by atoms with van der Waals surface area (Å²) in [4.78, 5) is 21.1. The summed E-state index contributed by atoms with van der Waals surface area (Å²) in [6.45, 7) is 3.23. The molecule has 162 valence electrons. The van der Waals surface area contributed by atoms with Crippen LogP contribution in [0.15, 0.2) is 65.3 Å². The number of aromatic amines is 1. The van der Waals surface area contributed by atoms with Gasteiger partial charge in [-0.1, -0.05) is 53.7 Å². The molecule has 1 fully saturated rings. The molecule has 0 bridgehead atoms. The molecule has 0 saturated carbocycles. The number of benzene rings is 2. The van der Waals surface area contributed by atoms with Crippen LogP contribution in [0.4, 0.5) is 0 Å². The first kappa shape index (κ1) is 20.2. The van der Waals surface area contributed by atoms with E-state index in [0.29, 0.717) is 30.4 Å². The van der Waals surface area contributed by atoms with Gasteiger partial charge in [-0.2, -0.15) is 0 Å². The molecular weight excluding hydrogens is 404 g/mol. The van der Waals surface area contributed by atoms with Gasteiger partial charge in [-0.05, 0) is 25.8 Å². The number of aryl methyl sites for hydroxylation is 1. The molecule has 1 aliphatic heterocycles. The predicted molar refractivity (Wildman–Crippen MR) is 121 cm³/mol. The van der Waals surface area contributed by atoms with Crippen LogP contribution in [-0.4, -0.2) is 40.3 Å². The summed E-state index contributed by atoms with van der Waals surface area (Å²) in [5.41, 5.74) is 4.59. The van der Waals surface area contributed by atoms with Gasteiger partial charge < -0.3 is 19.6 Å². The largest absolute Gasteiger partial charge is 0.381 e. The van der Waals surface area contributed by atoms with Crippen molar-refractivity contribution in [1.29, 1.82) is 0 Å². The quantitative estimate of drug-likeness (QED) is 0.484. The van der Waals surface area contributed by atoms with Crippen molar-refractivity contribution >= 4 is 5.91 Å². The molecule has 3 heterocycles. The van der Waals surface area contributed by atoms with E-state index >= 15 is 0 Å². The zero-order valence-electron chi connectivity index (χ0n) is 17.8. The maximum absolute atomic E-state index is 13.0. The van der Waals surface area contributed by atoms with Gasteiger partial charge in [0.2, 0.25) is 0 Å². The average Bonchev–Trinajstić information content (AvgIpc) is 3.47. The number of carbonyl (C=O) groups excluding carboxylic acids is 1. The van der Waals surface area contributed by atoms with Gasteiger partial charge in [0.1, 0.15) is 17.3 Å². The SMILES string of the molecule is Cc1onc(-c2ccccc2)c1-c1c[nH]c(-c2ccccc2C(=O)NC2CCOCC2)n1. The van der Waals surface area contributed by atoms with Crippen molar-refractivity contribution in [3.8, 4) is 33.9 Å². The Hall–Kier alpha value is -3.71. The Morgan fingerprint density at radius 3 is 2.62 bits per heavy atom. The number of carbonyl (C=O) groups is 1. The fourth-order valence-electron chi connectivity index (χ4n) is 4.05. The monoisotopic (exact) mass is 428 g/mol. The van der Waals surface area contributed by atoms with Gasteiger partial charge in [0.25, 0.3) is 5.91 Å². The van der Waals surface area contributed by atoms with Crippen molar-refractivity contribution < 1.29 is 14.1 Å². The van der Waals surface area contributed by atoms with Crippen molar-refractivity contribution in [1.82, 2.24) is 20.4 Å². The Morgan fingerprint density at radius 2 is 1.81 bits per heavy atom. The number of amides is 1.